The Kier molecular flexibility index (Phi) is 10.8. The van der Waals surface area contributed by atoms with E-state index in [2.05, 4.69) is 15.8 Å². The molecule has 1 fully saturated rings. The normalized spacial score (nSPS) is 15.2. The van der Waals surface area contributed by atoms with Crippen LogP contribution in [0.25, 0.3) is 0 Å². The van der Waals surface area contributed by atoms with Crippen LogP contribution in [0.3, 0.4) is 0 Å². The first-order valence-electron chi connectivity index (χ1n) is 13.3. The summed E-state index contributed by atoms with van der Waals surface area (Å²) in [5.74, 6) is -0.787. The van der Waals surface area contributed by atoms with E-state index in [0.717, 1.165) is 25.0 Å². The second kappa shape index (κ2) is 14.6. The van der Waals surface area contributed by atoms with E-state index in [1.54, 1.807) is 30.3 Å². The standard InChI is InChI=1S/C29H28ClF3N4O6S/c30-26-13-10-21(15-25(26)29(31,32)33)37(44(40,41)24-6-2-1-3-7-24)18-27(38)36-35-16-20-8-11-22(12-9-20)43-19-28(39)34-17-23-5-4-14-42-23/h1-3,6-13,15-16,23H,4-5,14,17-19H2,(H,34,39)(H,36,38)/b35-16-/t23-/m1/s1. The Labute approximate surface area is 256 Å². The molecule has 0 saturated carbocycles. The molecule has 1 aliphatic heterocycles. The number of carbonyl (C=O) groups is 2. The van der Waals surface area contributed by atoms with Crippen LogP contribution in [0.4, 0.5) is 18.9 Å². The monoisotopic (exact) mass is 652 g/mol. The van der Waals surface area contributed by atoms with Gasteiger partial charge in [0.05, 0.1) is 33.5 Å². The number of benzene rings is 3. The van der Waals surface area contributed by atoms with E-state index in [1.165, 1.54) is 30.5 Å². The van der Waals surface area contributed by atoms with Crippen molar-refractivity contribution in [1.29, 1.82) is 0 Å². The van der Waals surface area contributed by atoms with Gasteiger partial charge in [-0.1, -0.05) is 29.8 Å². The van der Waals surface area contributed by atoms with E-state index in [-0.39, 0.29) is 23.5 Å². The molecule has 0 unspecified atom stereocenters. The van der Waals surface area contributed by atoms with Crippen LogP contribution < -0.4 is 19.8 Å². The summed E-state index contributed by atoms with van der Waals surface area (Å²) in [6, 6.07) is 15.9. The van der Waals surface area contributed by atoms with Crippen molar-refractivity contribution in [2.75, 3.05) is 30.6 Å². The molecule has 15 heteroatoms. The van der Waals surface area contributed by atoms with Crippen molar-refractivity contribution < 1.29 is 40.7 Å². The maximum absolute atomic E-state index is 13.5. The van der Waals surface area contributed by atoms with E-state index in [4.69, 9.17) is 21.1 Å². The first kappa shape index (κ1) is 32.8. The van der Waals surface area contributed by atoms with Crippen LogP contribution in [0.2, 0.25) is 5.02 Å². The average Bonchev–Trinajstić information content (AvgIpc) is 3.52. The molecule has 0 aliphatic carbocycles. The second-order valence-corrected chi connectivity index (χ2v) is 11.8. The molecule has 0 aromatic heterocycles. The highest BCUT2D eigenvalue weighted by molar-refractivity contribution is 7.92. The number of nitrogens with one attached hydrogen (secondary N) is 2. The Morgan fingerprint density at radius 1 is 1.07 bits per heavy atom. The molecule has 1 heterocycles. The lowest BCUT2D eigenvalue weighted by atomic mass is 10.2. The fourth-order valence-electron chi connectivity index (χ4n) is 4.15. The minimum absolute atomic E-state index is 0.0222. The fraction of sp³-hybridized carbons (Fsp3) is 0.276. The van der Waals surface area contributed by atoms with Crippen LogP contribution in [-0.2, 0) is 30.5 Å². The maximum atomic E-state index is 13.5. The van der Waals surface area contributed by atoms with Gasteiger partial charge in [0.25, 0.3) is 21.8 Å². The number of hydrogen-bond acceptors (Lipinski definition) is 7. The minimum atomic E-state index is -4.86. The molecular formula is C29H28ClF3N4O6S. The van der Waals surface area contributed by atoms with Crippen molar-refractivity contribution in [3.05, 3.63) is 88.9 Å². The van der Waals surface area contributed by atoms with Crippen LogP contribution in [0.5, 0.6) is 5.75 Å². The highest BCUT2D eigenvalue weighted by Gasteiger charge is 2.35. The number of alkyl halides is 3. The summed E-state index contributed by atoms with van der Waals surface area (Å²) in [5, 5.41) is 5.94. The molecule has 44 heavy (non-hydrogen) atoms. The Balaban J connectivity index is 1.38. The van der Waals surface area contributed by atoms with E-state index >= 15 is 0 Å². The predicted molar refractivity (Wildman–Crippen MR) is 157 cm³/mol. The quantitative estimate of drug-likeness (QED) is 0.221. The second-order valence-electron chi connectivity index (χ2n) is 9.58. The largest absolute Gasteiger partial charge is 0.484 e. The van der Waals surface area contributed by atoms with Crippen molar-refractivity contribution in [3.8, 4) is 5.75 Å². The van der Waals surface area contributed by atoms with Gasteiger partial charge in [0.2, 0.25) is 0 Å². The molecule has 2 amide bonds. The Hall–Kier alpha value is -4.14. The smallest absolute Gasteiger partial charge is 0.417 e. The summed E-state index contributed by atoms with van der Waals surface area (Å²) in [4.78, 5) is 24.5. The lowest BCUT2D eigenvalue weighted by molar-refractivity contribution is -0.137. The fourth-order valence-corrected chi connectivity index (χ4v) is 5.81. The average molecular weight is 653 g/mol. The first-order valence-corrected chi connectivity index (χ1v) is 15.1. The maximum Gasteiger partial charge on any atom is 0.417 e. The van der Waals surface area contributed by atoms with Crippen LogP contribution >= 0.6 is 11.6 Å². The van der Waals surface area contributed by atoms with Gasteiger partial charge in [-0.15, -0.1) is 0 Å². The number of anilines is 1. The number of sulfonamides is 1. The molecule has 1 aliphatic rings. The summed E-state index contributed by atoms with van der Waals surface area (Å²) >= 11 is 5.71. The Bertz CT molecular complexity index is 1580. The van der Waals surface area contributed by atoms with Crippen LogP contribution in [0, 0.1) is 0 Å². The molecule has 10 nitrogen and oxygen atoms in total. The number of halogens is 4. The summed E-state index contributed by atoms with van der Waals surface area (Å²) in [6.45, 7) is 0.0555. The third kappa shape index (κ3) is 8.94. The third-order valence-electron chi connectivity index (χ3n) is 6.37. The summed E-state index contributed by atoms with van der Waals surface area (Å²) in [5.41, 5.74) is 1.04. The highest BCUT2D eigenvalue weighted by Crippen LogP contribution is 2.38. The van der Waals surface area contributed by atoms with Gasteiger partial charge >= 0.3 is 6.18 Å². The van der Waals surface area contributed by atoms with E-state index in [0.29, 0.717) is 34.8 Å². The number of amides is 2. The molecular weight excluding hydrogens is 625 g/mol. The minimum Gasteiger partial charge on any atom is -0.484 e. The molecule has 3 aromatic carbocycles. The molecule has 1 saturated heterocycles. The van der Waals surface area contributed by atoms with Gasteiger partial charge in [0.1, 0.15) is 12.3 Å². The van der Waals surface area contributed by atoms with Gasteiger partial charge in [-0.3, -0.25) is 13.9 Å². The number of nitrogens with zero attached hydrogens (tertiary/aromatic N) is 2. The number of hydrogen-bond donors (Lipinski definition) is 2. The van der Waals surface area contributed by atoms with Crippen LogP contribution in [0.15, 0.2) is 82.8 Å². The molecule has 0 radical (unpaired) electrons. The summed E-state index contributed by atoms with van der Waals surface area (Å²) in [6.07, 6.45) is -1.69. The lowest BCUT2D eigenvalue weighted by Gasteiger charge is -2.24. The van der Waals surface area contributed by atoms with Gasteiger partial charge in [0.15, 0.2) is 6.61 Å². The zero-order chi connectivity index (χ0) is 31.7. The van der Waals surface area contributed by atoms with Gasteiger partial charge < -0.3 is 14.8 Å². The number of ether oxygens (including phenoxy) is 2. The molecule has 234 valence electrons. The third-order valence-corrected chi connectivity index (χ3v) is 8.48. The van der Waals surface area contributed by atoms with E-state index in [1.807, 2.05) is 0 Å². The van der Waals surface area contributed by atoms with E-state index < -0.39 is 44.9 Å². The van der Waals surface area contributed by atoms with Gasteiger partial charge in [-0.2, -0.15) is 18.3 Å². The number of rotatable bonds is 12. The molecule has 0 bridgehead atoms. The molecule has 0 spiro atoms. The summed E-state index contributed by atoms with van der Waals surface area (Å²) < 4.78 is 78.8. The van der Waals surface area contributed by atoms with Crippen molar-refractivity contribution in [2.24, 2.45) is 5.10 Å². The van der Waals surface area contributed by atoms with Crippen molar-refractivity contribution >= 4 is 45.3 Å². The number of carbonyl (C=O) groups excluding carboxylic acids is 2. The Morgan fingerprint density at radius 2 is 1.80 bits per heavy atom. The number of hydrazone groups is 1. The van der Waals surface area contributed by atoms with Gasteiger partial charge in [0, 0.05) is 13.2 Å². The van der Waals surface area contributed by atoms with Crippen molar-refractivity contribution in [2.45, 2.75) is 30.0 Å². The zero-order valence-corrected chi connectivity index (χ0v) is 24.7. The lowest BCUT2D eigenvalue weighted by Crippen LogP contribution is -2.39. The Morgan fingerprint density at radius 3 is 2.45 bits per heavy atom. The van der Waals surface area contributed by atoms with Crippen molar-refractivity contribution in [1.82, 2.24) is 10.7 Å². The first-order chi connectivity index (χ1) is 20.9. The molecule has 4 rings (SSSR count). The van der Waals surface area contributed by atoms with Gasteiger partial charge in [-0.25, -0.2) is 13.8 Å². The molecule has 3 aromatic rings. The highest BCUT2D eigenvalue weighted by atomic mass is 35.5. The SMILES string of the molecule is O=C(COc1ccc(/C=N\NC(=O)CN(c2ccc(Cl)c(C(F)(F)F)c2)S(=O)(=O)c2ccccc2)cc1)NC[C@H]1CCCO1. The molecule has 1 atom stereocenters. The van der Waals surface area contributed by atoms with E-state index in [9.17, 15) is 31.2 Å². The van der Waals surface area contributed by atoms with Crippen molar-refractivity contribution in [3.63, 3.8) is 0 Å². The summed E-state index contributed by atoms with van der Waals surface area (Å²) in [7, 11) is -4.46. The topological polar surface area (TPSA) is 126 Å². The molecule has 2 N–H and O–H groups in total. The van der Waals surface area contributed by atoms with Gasteiger partial charge in [-0.05, 0) is 73.0 Å². The van der Waals surface area contributed by atoms with Crippen LogP contribution in [-0.4, -0.2) is 58.9 Å². The zero-order valence-electron chi connectivity index (χ0n) is 23.1. The predicted octanol–water partition coefficient (Wildman–Crippen LogP) is 4.38. The van der Waals surface area contributed by atoms with Crippen LogP contribution in [0.1, 0.15) is 24.0 Å².